The molecule has 1 aliphatic heterocycles. The Morgan fingerprint density at radius 2 is 1.94 bits per heavy atom. The lowest BCUT2D eigenvalue weighted by molar-refractivity contribution is -0.144. The summed E-state index contributed by atoms with van der Waals surface area (Å²) in [7, 11) is 1.85. The molecule has 1 rings (SSSR count). The van der Waals surface area contributed by atoms with Gasteiger partial charge in [-0.3, -0.25) is 14.5 Å². The largest absolute Gasteiger partial charge is 0.466 e. The van der Waals surface area contributed by atoms with Gasteiger partial charge >= 0.3 is 5.97 Å². The Labute approximate surface area is 103 Å². The van der Waals surface area contributed by atoms with Crippen LogP contribution in [0, 0.1) is 0 Å². The number of hydrogen-bond donors (Lipinski definition) is 0. The van der Waals surface area contributed by atoms with Crippen LogP contribution >= 0.6 is 0 Å². The fourth-order valence-corrected chi connectivity index (χ4v) is 1.89. The molecule has 0 aliphatic carbocycles. The fourth-order valence-electron chi connectivity index (χ4n) is 1.89. The summed E-state index contributed by atoms with van der Waals surface area (Å²) in [6, 6.07) is 0. The first-order chi connectivity index (χ1) is 8.13. The van der Waals surface area contributed by atoms with E-state index in [1.165, 1.54) is 0 Å². The highest BCUT2D eigenvalue weighted by atomic mass is 16.5. The van der Waals surface area contributed by atoms with E-state index in [1.807, 2.05) is 16.8 Å². The molecule has 0 bridgehead atoms. The lowest BCUT2D eigenvalue weighted by Gasteiger charge is -2.20. The van der Waals surface area contributed by atoms with Crippen LogP contribution in [0.2, 0.25) is 0 Å². The minimum Gasteiger partial charge on any atom is -0.466 e. The monoisotopic (exact) mass is 242 g/mol. The Hall–Kier alpha value is -1.10. The summed E-state index contributed by atoms with van der Waals surface area (Å²) in [5.74, 6) is -0.0400. The molecule has 1 saturated heterocycles. The molecule has 5 heteroatoms. The van der Waals surface area contributed by atoms with Crippen molar-refractivity contribution in [3.63, 3.8) is 0 Å². The van der Waals surface area contributed by atoms with Crippen LogP contribution in [0.5, 0.6) is 0 Å². The first-order valence-corrected chi connectivity index (χ1v) is 6.25. The van der Waals surface area contributed by atoms with Gasteiger partial charge in [0.25, 0.3) is 0 Å². The SMILES string of the molecule is CCOC(=O)CCN(C)CC(=O)N1CCCC1. The molecule has 0 radical (unpaired) electrons. The maximum atomic E-state index is 11.8. The molecule has 0 spiro atoms. The minimum atomic E-state index is -0.201. The van der Waals surface area contributed by atoms with Gasteiger partial charge in [-0.25, -0.2) is 0 Å². The maximum absolute atomic E-state index is 11.8. The molecule has 0 aromatic heterocycles. The normalized spacial score (nSPS) is 15.4. The Kier molecular flexibility index (Phi) is 5.97. The molecule has 1 amide bonds. The average Bonchev–Trinajstić information content (AvgIpc) is 2.80. The summed E-state index contributed by atoms with van der Waals surface area (Å²) in [5, 5.41) is 0. The molecule has 0 atom stereocenters. The third-order valence-electron chi connectivity index (χ3n) is 2.87. The van der Waals surface area contributed by atoms with Crippen molar-refractivity contribution >= 4 is 11.9 Å². The lowest BCUT2D eigenvalue weighted by Crippen LogP contribution is -2.38. The van der Waals surface area contributed by atoms with E-state index in [0.29, 0.717) is 26.1 Å². The zero-order chi connectivity index (χ0) is 12.7. The molecule has 17 heavy (non-hydrogen) atoms. The van der Waals surface area contributed by atoms with Gasteiger partial charge in [0.2, 0.25) is 5.91 Å². The average molecular weight is 242 g/mol. The number of rotatable bonds is 6. The third-order valence-corrected chi connectivity index (χ3v) is 2.87. The van der Waals surface area contributed by atoms with Crippen LogP contribution in [0.4, 0.5) is 0 Å². The topological polar surface area (TPSA) is 49.9 Å². The number of esters is 1. The van der Waals surface area contributed by atoms with Gasteiger partial charge in [-0.15, -0.1) is 0 Å². The van der Waals surface area contributed by atoms with Crippen molar-refractivity contribution in [2.75, 3.05) is 39.8 Å². The van der Waals surface area contributed by atoms with Crippen LogP contribution in [0.25, 0.3) is 0 Å². The van der Waals surface area contributed by atoms with Gasteiger partial charge in [-0.2, -0.15) is 0 Å². The van der Waals surface area contributed by atoms with Crippen molar-refractivity contribution in [1.82, 2.24) is 9.80 Å². The molecule has 0 N–H and O–H groups in total. The van der Waals surface area contributed by atoms with E-state index in [0.717, 1.165) is 25.9 Å². The number of likely N-dealkylation sites (tertiary alicyclic amines) is 1. The highest BCUT2D eigenvalue weighted by Crippen LogP contribution is 2.07. The summed E-state index contributed by atoms with van der Waals surface area (Å²) in [4.78, 5) is 26.7. The number of carbonyl (C=O) groups excluding carboxylic acids is 2. The summed E-state index contributed by atoms with van der Waals surface area (Å²) in [6.07, 6.45) is 2.56. The molecule has 5 nitrogen and oxygen atoms in total. The van der Waals surface area contributed by atoms with Crippen LogP contribution < -0.4 is 0 Å². The number of carbonyl (C=O) groups is 2. The zero-order valence-corrected chi connectivity index (χ0v) is 10.8. The number of likely N-dealkylation sites (N-methyl/N-ethyl adjacent to an activating group) is 1. The van der Waals surface area contributed by atoms with E-state index in [9.17, 15) is 9.59 Å². The summed E-state index contributed by atoms with van der Waals surface area (Å²) in [5.41, 5.74) is 0. The highest BCUT2D eigenvalue weighted by Gasteiger charge is 2.19. The Morgan fingerprint density at radius 1 is 1.29 bits per heavy atom. The molecule has 0 saturated carbocycles. The van der Waals surface area contributed by atoms with Crippen molar-refractivity contribution < 1.29 is 14.3 Å². The smallest absolute Gasteiger partial charge is 0.307 e. The van der Waals surface area contributed by atoms with E-state index in [2.05, 4.69) is 0 Å². The molecule has 0 aromatic rings. The van der Waals surface area contributed by atoms with E-state index in [-0.39, 0.29) is 11.9 Å². The quantitative estimate of drug-likeness (QED) is 0.636. The second-order valence-electron chi connectivity index (χ2n) is 4.38. The maximum Gasteiger partial charge on any atom is 0.307 e. The van der Waals surface area contributed by atoms with E-state index in [1.54, 1.807) is 6.92 Å². The summed E-state index contributed by atoms with van der Waals surface area (Å²) in [6.45, 7) is 4.92. The van der Waals surface area contributed by atoms with Crippen LogP contribution in [-0.4, -0.2) is 61.5 Å². The molecule has 98 valence electrons. The van der Waals surface area contributed by atoms with E-state index >= 15 is 0 Å². The summed E-state index contributed by atoms with van der Waals surface area (Å²) >= 11 is 0. The van der Waals surface area contributed by atoms with Crippen LogP contribution in [0.1, 0.15) is 26.2 Å². The summed E-state index contributed by atoms with van der Waals surface area (Å²) < 4.78 is 4.84. The zero-order valence-electron chi connectivity index (χ0n) is 10.8. The number of ether oxygens (including phenoxy) is 1. The van der Waals surface area contributed by atoms with Crippen molar-refractivity contribution in [3.05, 3.63) is 0 Å². The van der Waals surface area contributed by atoms with Gasteiger partial charge in [0.15, 0.2) is 0 Å². The standard InChI is InChI=1S/C12H22N2O3/c1-3-17-12(16)6-9-13(2)10-11(15)14-7-4-5-8-14/h3-10H2,1-2H3. The molecular formula is C12H22N2O3. The van der Waals surface area contributed by atoms with Gasteiger partial charge in [0, 0.05) is 19.6 Å². The predicted octanol–water partition coefficient (Wildman–Crippen LogP) is 0.494. The van der Waals surface area contributed by atoms with Crippen LogP contribution in [-0.2, 0) is 14.3 Å². The van der Waals surface area contributed by atoms with Crippen LogP contribution in [0.15, 0.2) is 0 Å². The van der Waals surface area contributed by atoms with Crippen molar-refractivity contribution in [3.8, 4) is 0 Å². The first-order valence-electron chi connectivity index (χ1n) is 6.25. The minimum absolute atomic E-state index is 0.161. The molecule has 1 aliphatic rings. The Balaban J connectivity index is 2.17. The fraction of sp³-hybridized carbons (Fsp3) is 0.833. The van der Waals surface area contributed by atoms with Crippen molar-refractivity contribution in [1.29, 1.82) is 0 Å². The van der Waals surface area contributed by atoms with Gasteiger partial charge in [0.05, 0.1) is 19.6 Å². The van der Waals surface area contributed by atoms with Gasteiger partial charge in [-0.1, -0.05) is 0 Å². The number of hydrogen-bond acceptors (Lipinski definition) is 4. The van der Waals surface area contributed by atoms with E-state index < -0.39 is 0 Å². The third kappa shape index (κ3) is 5.17. The predicted molar refractivity (Wildman–Crippen MR) is 64.6 cm³/mol. The highest BCUT2D eigenvalue weighted by molar-refractivity contribution is 5.78. The van der Waals surface area contributed by atoms with Gasteiger partial charge in [0.1, 0.15) is 0 Å². The lowest BCUT2D eigenvalue weighted by atomic mass is 10.4. The van der Waals surface area contributed by atoms with Crippen LogP contribution in [0.3, 0.4) is 0 Å². The van der Waals surface area contributed by atoms with E-state index in [4.69, 9.17) is 4.74 Å². The Morgan fingerprint density at radius 3 is 2.53 bits per heavy atom. The number of amides is 1. The first kappa shape index (κ1) is 14.0. The molecule has 0 unspecified atom stereocenters. The molecular weight excluding hydrogens is 220 g/mol. The molecule has 0 aromatic carbocycles. The second kappa shape index (κ2) is 7.27. The Bertz CT molecular complexity index is 262. The number of nitrogens with zero attached hydrogens (tertiary/aromatic N) is 2. The second-order valence-corrected chi connectivity index (χ2v) is 4.38. The van der Waals surface area contributed by atoms with Crippen molar-refractivity contribution in [2.24, 2.45) is 0 Å². The van der Waals surface area contributed by atoms with Crippen molar-refractivity contribution in [2.45, 2.75) is 26.2 Å². The van der Waals surface area contributed by atoms with Gasteiger partial charge < -0.3 is 9.64 Å². The van der Waals surface area contributed by atoms with Gasteiger partial charge in [-0.05, 0) is 26.8 Å². The molecule has 1 heterocycles. The molecule has 1 fully saturated rings.